The molecular formula is C9H7BrN2O2. The highest BCUT2D eigenvalue weighted by atomic mass is 79.9. The second-order valence-corrected chi connectivity index (χ2v) is 3.82. The average molecular weight is 255 g/mol. The molecule has 0 radical (unpaired) electrons. The van der Waals surface area contributed by atoms with Gasteiger partial charge in [0.2, 0.25) is 0 Å². The van der Waals surface area contributed by atoms with Crippen LogP contribution in [0.15, 0.2) is 22.8 Å². The van der Waals surface area contributed by atoms with Crippen LogP contribution in [0.1, 0.15) is 10.4 Å². The van der Waals surface area contributed by atoms with Crippen molar-refractivity contribution in [1.29, 1.82) is 0 Å². The largest absolute Gasteiger partial charge is 0.478 e. The summed E-state index contributed by atoms with van der Waals surface area (Å²) in [6.45, 7) is 0. The first-order valence-corrected chi connectivity index (χ1v) is 4.74. The van der Waals surface area contributed by atoms with Crippen LogP contribution in [-0.4, -0.2) is 20.9 Å². The summed E-state index contributed by atoms with van der Waals surface area (Å²) < 4.78 is 2.18. The lowest BCUT2D eigenvalue weighted by Crippen LogP contribution is -1.97. The molecule has 1 aromatic heterocycles. The van der Waals surface area contributed by atoms with E-state index in [0.717, 1.165) is 0 Å². The van der Waals surface area contributed by atoms with Gasteiger partial charge in [-0.3, -0.25) is 4.68 Å². The smallest absolute Gasteiger partial charge is 0.337 e. The predicted molar refractivity (Wildman–Crippen MR) is 55.4 cm³/mol. The van der Waals surface area contributed by atoms with E-state index < -0.39 is 5.97 Å². The summed E-state index contributed by atoms with van der Waals surface area (Å²) in [5.41, 5.74) is 0.948. The zero-order chi connectivity index (χ0) is 10.3. The monoisotopic (exact) mass is 254 g/mol. The number of aromatic carboxylic acids is 1. The Kier molecular flexibility index (Phi) is 2.03. The maximum absolute atomic E-state index is 11.0. The van der Waals surface area contributed by atoms with Gasteiger partial charge in [0.1, 0.15) is 0 Å². The first kappa shape index (κ1) is 9.21. The second kappa shape index (κ2) is 3.09. The predicted octanol–water partition coefficient (Wildman–Crippen LogP) is 2.03. The Balaban J connectivity index is 2.88. The third kappa shape index (κ3) is 1.29. The Morgan fingerprint density at radius 3 is 2.93 bits per heavy atom. The molecule has 2 aromatic rings. The quantitative estimate of drug-likeness (QED) is 0.848. The van der Waals surface area contributed by atoms with Gasteiger partial charge in [-0.1, -0.05) is 0 Å². The Hall–Kier alpha value is -1.36. The van der Waals surface area contributed by atoms with E-state index in [4.69, 9.17) is 5.11 Å². The van der Waals surface area contributed by atoms with Gasteiger partial charge in [-0.2, -0.15) is 5.10 Å². The van der Waals surface area contributed by atoms with E-state index in [1.165, 1.54) is 0 Å². The normalized spacial score (nSPS) is 10.7. The summed E-state index contributed by atoms with van der Waals surface area (Å²) in [5.74, 6) is -0.949. The molecule has 0 unspecified atom stereocenters. The van der Waals surface area contributed by atoms with Crippen LogP contribution in [0.3, 0.4) is 0 Å². The molecule has 5 heteroatoms. The van der Waals surface area contributed by atoms with E-state index in [9.17, 15) is 4.79 Å². The highest BCUT2D eigenvalue weighted by molar-refractivity contribution is 9.10. The SMILES string of the molecule is Cn1cc2c(C(=O)O)c(Br)ccc2n1. The summed E-state index contributed by atoms with van der Waals surface area (Å²) in [6, 6.07) is 3.48. The lowest BCUT2D eigenvalue weighted by molar-refractivity contribution is 0.0698. The number of halogens is 1. The molecule has 0 fully saturated rings. The molecule has 1 aromatic carbocycles. The molecule has 0 aliphatic rings. The Morgan fingerprint density at radius 2 is 2.29 bits per heavy atom. The zero-order valence-corrected chi connectivity index (χ0v) is 8.95. The molecule has 0 aliphatic carbocycles. The van der Waals surface area contributed by atoms with Crippen LogP contribution in [0.2, 0.25) is 0 Å². The molecule has 72 valence electrons. The Labute approximate surface area is 88.3 Å². The first-order valence-electron chi connectivity index (χ1n) is 3.95. The van der Waals surface area contributed by atoms with Crippen molar-refractivity contribution in [2.75, 3.05) is 0 Å². The van der Waals surface area contributed by atoms with Crippen LogP contribution in [0.5, 0.6) is 0 Å². The van der Waals surface area contributed by atoms with E-state index in [0.29, 0.717) is 15.4 Å². The average Bonchev–Trinajstić information content (AvgIpc) is 2.43. The lowest BCUT2D eigenvalue weighted by atomic mass is 10.1. The molecule has 0 bridgehead atoms. The summed E-state index contributed by atoms with van der Waals surface area (Å²) in [7, 11) is 1.76. The van der Waals surface area contributed by atoms with Crippen molar-refractivity contribution in [2.45, 2.75) is 0 Å². The molecule has 1 heterocycles. The number of carbonyl (C=O) groups is 1. The van der Waals surface area contributed by atoms with Crippen molar-refractivity contribution in [2.24, 2.45) is 7.05 Å². The number of aryl methyl sites for hydroxylation is 1. The lowest BCUT2D eigenvalue weighted by Gasteiger charge is -1.98. The maximum Gasteiger partial charge on any atom is 0.337 e. The number of aromatic nitrogens is 2. The van der Waals surface area contributed by atoms with Gasteiger partial charge >= 0.3 is 5.97 Å². The van der Waals surface area contributed by atoms with Gasteiger partial charge in [0.25, 0.3) is 0 Å². The van der Waals surface area contributed by atoms with Crippen molar-refractivity contribution in [1.82, 2.24) is 9.78 Å². The Morgan fingerprint density at radius 1 is 1.57 bits per heavy atom. The molecular weight excluding hydrogens is 248 g/mol. The Bertz CT molecular complexity index is 519. The number of nitrogens with zero attached hydrogens (tertiary/aromatic N) is 2. The summed E-state index contributed by atoms with van der Waals surface area (Å²) in [4.78, 5) is 11.0. The van der Waals surface area contributed by atoms with Crippen molar-refractivity contribution < 1.29 is 9.90 Å². The van der Waals surface area contributed by atoms with E-state index in [1.54, 1.807) is 30.1 Å². The van der Waals surface area contributed by atoms with Crippen molar-refractivity contribution in [3.8, 4) is 0 Å². The fraction of sp³-hybridized carbons (Fsp3) is 0.111. The van der Waals surface area contributed by atoms with Gasteiger partial charge < -0.3 is 5.11 Å². The van der Waals surface area contributed by atoms with Gasteiger partial charge in [0.15, 0.2) is 0 Å². The van der Waals surface area contributed by atoms with E-state index in [1.807, 2.05) is 0 Å². The molecule has 0 atom stereocenters. The van der Waals surface area contributed by atoms with Crippen molar-refractivity contribution in [3.63, 3.8) is 0 Å². The number of carboxylic acid groups (broad SMARTS) is 1. The molecule has 1 N–H and O–H groups in total. The molecule has 0 amide bonds. The fourth-order valence-electron chi connectivity index (χ4n) is 1.40. The van der Waals surface area contributed by atoms with Crippen LogP contribution in [0.25, 0.3) is 10.9 Å². The molecule has 0 saturated carbocycles. The van der Waals surface area contributed by atoms with Gasteiger partial charge in [-0.05, 0) is 28.1 Å². The zero-order valence-electron chi connectivity index (χ0n) is 7.36. The number of hydrogen-bond donors (Lipinski definition) is 1. The van der Waals surface area contributed by atoms with Crippen LogP contribution < -0.4 is 0 Å². The van der Waals surface area contributed by atoms with Crippen LogP contribution in [-0.2, 0) is 7.05 Å². The van der Waals surface area contributed by atoms with Gasteiger partial charge in [0.05, 0.1) is 11.1 Å². The van der Waals surface area contributed by atoms with Crippen LogP contribution in [0, 0.1) is 0 Å². The summed E-state index contributed by atoms with van der Waals surface area (Å²) in [5, 5.41) is 13.8. The minimum absolute atomic E-state index is 0.260. The first-order chi connectivity index (χ1) is 6.59. The van der Waals surface area contributed by atoms with Crippen LogP contribution in [0.4, 0.5) is 0 Å². The number of benzene rings is 1. The molecule has 0 spiro atoms. The van der Waals surface area contributed by atoms with Crippen LogP contribution >= 0.6 is 15.9 Å². The number of hydrogen-bond acceptors (Lipinski definition) is 2. The van der Waals surface area contributed by atoms with Crippen molar-refractivity contribution >= 4 is 32.8 Å². The third-order valence-electron chi connectivity index (χ3n) is 1.97. The number of carboxylic acids is 1. The van der Waals surface area contributed by atoms with E-state index in [-0.39, 0.29) is 5.56 Å². The third-order valence-corrected chi connectivity index (χ3v) is 2.63. The second-order valence-electron chi connectivity index (χ2n) is 2.96. The highest BCUT2D eigenvalue weighted by Crippen LogP contribution is 2.25. The summed E-state index contributed by atoms with van der Waals surface area (Å²) in [6.07, 6.45) is 1.70. The minimum Gasteiger partial charge on any atom is -0.478 e. The highest BCUT2D eigenvalue weighted by Gasteiger charge is 2.14. The fourth-order valence-corrected chi connectivity index (χ4v) is 1.92. The summed E-state index contributed by atoms with van der Waals surface area (Å²) >= 11 is 3.21. The standard InChI is InChI=1S/C9H7BrN2O2/c1-12-4-5-7(11-12)3-2-6(10)8(5)9(13)14/h2-4H,1H3,(H,13,14). The maximum atomic E-state index is 11.0. The van der Waals surface area contributed by atoms with E-state index in [2.05, 4.69) is 21.0 Å². The van der Waals surface area contributed by atoms with Gasteiger partial charge in [0, 0.05) is 23.1 Å². The van der Waals surface area contributed by atoms with Gasteiger partial charge in [-0.25, -0.2) is 4.79 Å². The molecule has 0 saturated heterocycles. The minimum atomic E-state index is -0.949. The van der Waals surface area contributed by atoms with Gasteiger partial charge in [-0.15, -0.1) is 0 Å². The van der Waals surface area contributed by atoms with Crippen molar-refractivity contribution in [3.05, 3.63) is 28.4 Å². The molecule has 14 heavy (non-hydrogen) atoms. The number of fused-ring (bicyclic) bond motifs is 1. The number of rotatable bonds is 1. The topological polar surface area (TPSA) is 55.1 Å². The van der Waals surface area contributed by atoms with E-state index >= 15 is 0 Å². The molecule has 0 aliphatic heterocycles. The molecule has 4 nitrogen and oxygen atoms in total. The molecule has 2 rings (SSSR count).